The van der Waals surface area contributed by atoms with Gasteiger partial charge < -0.3 is 9.84 Å². The van der Waals surface area contributed by atoms with Gasteiger partial charge in [-0.05, 0) is 13.8 Å². The highest BCUT2D eigenvalue weighted by Gasteiger charge is 2.09. The number of rotatable bonds is 3. The van der Waals surface area contributed by atoms with E-state index in [0.717, 1.165) is 5.37 Å². The molecule has 0 aliphatic rings. The molecule has 4 heteroatoms. The zero-order valence-corrected chi connectivity index (χ0v) is 7.27. The van der Waals surface area contributed by atoms with Gasteiger partial charge >= 0.3 is 5.97 Å². The number of hydrogen-bond donors (Lipinski definition) is 1. The van der Waals surface area contributed by atoms with Gasteiger partial charge in [0.25, 0.3) is 0 Å². The molecule has 0 bridgehead atoms. The number of esters is 1. The summed E-state index contributed by atoms with van der Waals surface area (Å²) in [5, 5.41) is 9.99. The Morgan fingerprint density at radius 1 is 1.73 bits per heavy atom. The summed E-state index contributed by atoms with van der Waals surface area (Å²) in [5.74, 6) is -0.694. The average molecular weight is 174 g/mol. The molecule has 11 heavy (non-hydrogen) atoms. The monoisotopic (exact) mass is 174 g/mol. The van der Waals surface area contributed by atoms with Crippen LogP contribution in [-0.4, -0.2) is 23.1 Å². The Labute approximate surface area is 70.7 Å². The van der Waals surface area contributed by atoms with Crippen molar-refractivity contribution in [3.63, 3.8) is 0 Å². The van der Waals surface area contributed by atoms with Gasteiger partial charge in [0.05, 0.1) is 6.61 Å². The van der Waals surface area contributed by atoms with Crippen LogP contribution < -0.4 is 0 Å². The van der Waals surface area contributed by atoms with E-state index in [9.17, 15) is 4.79 Å². The van der Waals surface area contributed by atoms with Crippen LogP contribution in [0.4, 0.5) is 0 Å². The number of carbonyl (C=O) groups is 1. The van der Waals surface area contributed by atoms with Crippen LogP contribution in [0.25, 0.3) is 0 Å². The fourth-order valence-electron chi connectivity index (χ4n) is 0.490. The molecule has 0 atom stereocenters. The number of thiocarbonyl (C=S) groups is 1. The molecule has 0 saturated heterocycles. The molecule has 0 aliphatic carbocycles. The fourth-order valence-corrected chi connectivity index (χ4v) is 0.757. The molecule has 0 amide bonds. The Balaban J connectivity index is 4.40. The van der Waals surface area contributed by atoms with Gasteiger partial charge in [-0.15, -0.1) is 0 Å². The molecule has 62 valence electrons. The molecule has 0 saturated carbocycles. The van der Waals surface area contributed by atoms with Gasteiger partial charge in [-0.2, -0.15) is 0 Å². The Morgan fingerprint density at radius 2 is 2.27 bits per heavy atom. The molecule has 0 fully saturated rings. The summed E-state index contributed by atoms with van der Waals surface area (Å²) in [4.78, 5) is 10.9. The predicted octanol–water partition coefficient (Wildman–Crippen LogP) is 1.38. The van der Waals surface area contributed by atoms with Gasteiger partial charge in [0.1, 0.15) is 11.3 Å². The maximum atomic E-state index is 10.9. The molecule has 0 rings (SSSR count). The summed E-state index contributed by atoms with van der Waals surface area (Å²) in [5.41, 5.74) is 0.0434. The highest BCUT2D eigenvalue weighted by molar-refractivity contribution is 7.79. The minimum absolute atomic E-state index is 0.0434. The summed E-state index contributed by atoms with van der Waals surface area (Å²) in [6, 6.07) is 0. The van der Waals surface area contributed by atoms with E-state index in [2.05, 4.69) is 17.0 Å². The van der Waals surface area contributed by atoms with E-state index >= 15 is 0 Å². The third-order valence-corrected chi connectivity index (χ3v) is 1.24. The van der Waals surface area contributed by atoms with Crippen molar-refractivity contribution in [2.75, 3.05) is 6.61 Å². The van der Waals surface area contributed by atoms with Gasteiger partial charge in [-0.3, -0.25) is 0 Å². The van der Waals surface area contributed by atoms with Crippen LogP contribution in [0.1, 0.15) is 13.8 Å². The largest absolute Gasteiger partial charge is 0.512 e. The lowest BCUT2D eigenvalue weighted by atomic mass is 10.3. The molecule has 0 unspecified atom stereocenters. The number of aliphatic hydroxyl groups excluding tert-OH is 1. The van der Waals surface area contributed by atoms with E-state index in [0.29, 0.717) is 0 Å². The van der Waals surface area contributed by atoms with E-state index in [1.165, 1.54) is 6.92 Å². The number of carbonyl (C=O) groups excluding carboxylic acids is 1. The first-order chi connectivity index (χ1) is 5.13. The number of aliphatic hydroxyl groups is 1. The van der Waals surface area contributed by atoms with Crippen LogP contribution in [0.15, 0.2) is 11.3 Å². The molecule has 0 aliphatic heterocycles. The summed E-state index contributed by atoms with van der Waals surface area (Å²) < 4.78 is 4.60. The number of ether oxygens (including phenoxy) is 1. The first kappa shape index (κ1) is 10.1. The van der Waals surface area contributed by atoms with E-state index in [1.807, 2.05) is 0 Å². The zero-order valence-electron chi connectivity index (χ0n) is 6.46. The second-order valence-corrected chi connectivity index (χ2v) is 2.07. The van der Waals surface area contributed by atoms with E-state index in [1.54, 1.807) is 6.92 Å². The van der Waals surface area contributed by atoms with Crippen molar-refractivity contribution >= 4 is 23.6 Å². The van der Waals surface area contributed by atoms with Crippen LogP contribution in [0.3, 0.4) is 0 Å². The lowest BCUT2D eigenvalue weighted by Gasteiger charge is -2.01. The Hall–Kier alpha value is -0.900. The molecule has 1 N–H and O–H groups in total. The molecule has 0 aromatic carbocycles. The normalized spacial score (nSPS) is 11.8. The smallest absolute Gasteiger partial charge is 0.342 e. The summed E-state index contributed by atoms with van der Waals surface area (Å²) in [6.07, 6.45) is 0. The van der Waals surface area contributed by atoms with Crippen molar-refractivity contribution in [1.82, 2.24) is 0 Å². The summed E-state index contributed by atoms with van der Waals surface area (Å²) in [7, 11) is 0. The molecule has 0 aromatic rings. The van der Waals surface area contributed by atoms with Crippen LogP contribution in [0, 0.1) is 0 Å². The Kier molecular flexibility index (Phi) is 4.45. The van der Waals surface area contributed by atoms with Crippen LogP contribution in [0.2, 0.25) is 0 Å². The molecular weight excluding hydrogens is 164 g/mol. The lowest BCUT2D eigenvalue weighted by molar-refractivity contribution is -0.138. The highest BCUT2D eigenvalue weighted by Crippen LogP contribution is 2.00. The second kappa shape index (κ2) is 4.85. The first-order valence-corrected chi connectivity index (χ1v) is 3.62. The van der Waals surface area contributed by atoms with E-state index in [-0.39, 0.29) is 17.9 Å². The first-order valence-electron chi connectivity index (χ1n) is 3.15. The maximum Gasteiger partial charge on any atom is 0.342 e. The molecule has 0 spiro atoms. The van der Waals surface area contributed by atoms with Crippen molar-refractivity contribution in [2.24, 2.45) is 0 Å². The fraction of sp³-hybridized carbons (Fsp3) is 0.429. The van der Waals surface area contributed by atoms with Gasteiger partial charge in [0.15, 0.2) is 0 Å². The highest BCUT2D eigenvalue weighted by atomic mass is 32.1. The van der Waals surface area contributed by atoms with Crippen molar-refractivity contribution in [1.29, 1.82) is 0 Å². The second-order valence-electron chi connectivity index (χ2n) is 1.84. The van der Waals surface area contributed by atoms with Crippen molar-refractivity contribution in [3.8, 4) is 0 Å². The number of hydrogen-bond acceptors (Lipinski definition) is 4. The minimum atomic E-state index is -0.581. The van der Waals surface area contributed by atoms with Gasteiger partial charge in [0, 0.05) is 5.37 Å². The number of allylic oxidation sites excluding steroid dienone is 1. The van der Waals surface area contributed by atoms with Gasteiger partial charge in [-0.1, -0.05) is 12.2 Å². The topological polar surface area (TPSA) is 46.5 Å². The standard InChI is InChI=1S/C7H10O3S/c1-3-10-7(9)6(4-11)5(2)8/h4,8H,3H2,1-2H3. The van der Waals surface area contributed by atoms with Gasteiger partial charge in [-0.25, -0.2) is 4.79 Å². The molecule has 0 radical (unpaired) electrons. The third kappa shape index (κ3) is 3.13. The summed E-state index contributed by atoms with van der Waals surface area (Å²) >= 11 is 4.50. The van der Waals surface area contributed by atoms with Gasteiger partial charge in [0.2, 0.25) is 0 Å². The Morgan fingerprint density at radius 3 is 2.55 bits per heavy atom. The summed E-state index contributed by atoms with van der Waals surface area (Å²) in [6.45, 7) is 3.35. The van der Waals surface area contributed by atoms with Crippen LogP contribution >= 0.6 is 12.2 Å². The quantitative estimate of drug-likeness (QED) is 0.304. The Bertz CT molecular complexity index is 192. The molecule has 3 nitrogen and oxygen atoms in total. The molecular formula is C7H10O3S. The average Bonchev–Trinajstić information content (AvgIpc) is 1.88. The van der Waals surface area contributed by atoms with Crippen LogP contribution in [0.5, 0.6) is 0 Å². The van der Waals surface area contributed by atoms with Crippen molar-refractivity contribution < 1.29 is 14.6 Å². The van der Waals surface area contributed by atoms with Crippen LogP contribution in [-0.2, 0) is 9.53 Å². The van der Waals surface area contributed by atoms with E-state index in [4.69, 9.17) is 5.11 Å². The predicted molar refractivity (Wildman–Crippen MR) is 45.6 cm³/mol. The molecule has 0 heterocycles. The van der Waals surface area contributed by atoms with Crippen molar-refractivity contribution in [3.05, 3.63) is 11.3 Å². The minimum Gasteiger partial charge on any atom is -0.512 e. The SMILES string of the molecule is CCOC(=O)C(C=S)=C(C)O. The maximum absolute atomic E-state index is 10.9. The zero-order chi connectivity index (χ0) is 8.85. The third-order valence-electron chi connectivity index (χ3n) is 1.00. The molecule has 0 aromatic heterocycles. The van der Waals surface area contributed by atoms with E-state index < -0.39 is 5.97 Å². The van der Waals surface area contributed by atoms with Crippen molar-refractivity contribution in [2.45, 2.75) is 13.8 Å². The lowest BCUT2D eigenvalue weighted by Crippen LogP contribution is -2.09.